The Morgan fingerprint density at radius 3 is 1.41 bits per heavy atom. The van der Waals surface area contributed by atoms with Crippen molar-refractivity contribution in [1.82, 2.24) is 9.13 Å². The summed E-state index contributed by atoms with van der Waals surface area (Å²) in [7, 11) is -2.57. The molecule has 7 nitrogen and oxygen atoms in total. The van der Waals surface area contributed by atoms with Gasteiger partial charge in [-0.15, -0.1) is 0 Å². The predicted octanol–water partition coefficient (Wildman–Crippen LogP) is 0.254. The number of aromatic nitrogens is 4. The SMILES string of the molecule is CCCCn1cc[n+](C)c1.CCCCn1cc[n+](C)c1.O=S(=O)([O-])C(F)(F)C(F)C(F)(F)F.[Cl-]. The molecule has 0 saturated heterocycles. The van der Waals surface area contributed by atoms with E-state index in [1.807, 2.05) is 14.1 Å². The number of unbranched alkanes of at least 4 members (excludes halogenated alkanes) is 2. The highest BCUT2D eigenvalue weighted by molar-refractivity contribution is 7.86. The molecule has 0 aromatic carbocycles. The van der Waals surface area contributed by atoms with E-state index < -0.39 is 27.7 Å². The minimum Gasteiger partial charge on any atom is -1.00 e. The maximum atomic E-state index is 11.8. The van der Waals surface area contributed by atoms with Crippen molar-refractivity contribution in [3.8, 4) is 0 Å². The molecule has 0 aliphatic rings. The Hall–Kier alpha value is -1.80. The third-order valence-corrected chi connectivity index (χ3v) is 4.98. The second kappa shape index (κ2) is 15.2. The zero-order chi connectivity index (χ0) is 25.9. The summed E-state index contributed by atoms with van der Waals surface area (Å²) in [5, 5.41) is -5.99. The molecule has 15 heteroatoms. The summed E-state index contributed by atoms with van der Waals surface area (Å²) < 4.78 is 106. The Kier molecular flexibility index (Phi) is 15.4. The standard InChI is InChI=1S/2C8H15N2.C3H2F6O3S.ClH/c2*1-3-4-5-10-7-6-9(2)8-10;4-1(2(5,6)7)3(8,9)13(10,11)12;/h2*6-8H,3-5H2,1-2H3;1H,(H,10,11,12);1H/q2*+1;;/p-2. The molecule has 0 saturated carbocycles. The van der Waals surface area contributed by atoms with Crippen LogP contribution >= 0.6 is 0 Å². The first-order chi connectivity index (χ1) is 15.1. The number of halogens is 7. The minimum atomic E-state index is -6.66. The fourth-order valence-corrected chi connectivity index (χ4v) is 2.65. The molecule has 200 valence electrons. The molecule has 2 rings (SSSR count). The number of alkyl halides is 6. The lowest BCUT2D eigenvalue weighted by Crippen LogP contribution is -3.00. The smallest absolute Gasteiger partial charge is 0.426 e. The zero-order valence-electron chi connectivity index (χ0n) is 19.4. The van der Waals surface area contributed by atoms with Crippen LogP contribution in [0.2, 0.25) is 0 Å². The van der Waals surface area contributed by atoms with Crippen LogP contribution in [0.3, 0.4) is 0 Å². The van der Waals surface area contributed by atoms with Crippen molar-refractivity contribution >= 4 is 10.1 Å². The van der Waals surface area contributed by atoms with Crippen LogP contribution in [0.4, 0.5) is 26.3 Å². The van der Waals surface area contributed by atoms with Crippen molar-refractivity contribution in [3.63, 3.8) is 0 Å². The van der Waals surface area contributed by atoms with Crippen molar-refractivity contribution in [2.75, 3.05) is 0 Å². The average molecular weight is 545 g/mol. The van der Waals surface area contributed by atoms with E-state index in [-0.39, 0.29) is 12.4 Å². The molecular weight excluding hydrogens is 514 g/mol. The van der Waals surface area contributed by atoms with Gasteiger partial charge < -0.3 is 17.0 Å². The highest BCUT2D eigenvalue weighted by Crippen LogP contribution is 2.37. The van der Waals surface area contributed by atoms with Gasteiger partial charge in [0.25, 0.3) is 6.17 Å². The molecular formula is C19H31ClF6N4O3S. The summed E-state index contributed by atoms with van der Waals surface area (Å²) in [6, 6.07) is 0. The van der Waals surface area contributed by atoms with E-state index in [2.05, 4.69) is 69.6 Å². The highest BCUT2D eigenvalue weighted by atomic mass is 35.5. The van der Waals surface area contributed by atoms with Crippen molar-refractivity contribution in [3.05, 3.63) is 37.4 Å². The monoisotopic (exact) mass is 544 g/mol. The van der Waals surface area contributed by atoms with Gasteiger partial charge in [-0.1, -0.05) is 26.7 Å². The molecule has 2 heterocycles. The predicted molar refractivity (Wildman–Crippen MR) is 107 cm³/mol. The zero-order valence-corrected chi connectivity index (χ0v) is 20.9. The summed E-state index contributed by atoms with van der Waals surface area (Å²) in [6.45, 7) is 6.72. The van der Waals surface area contributed by atoms with E-state index >= 15 is 0 Å². The molecule has 1 atom stereocenters. The van der Waals surface area contributed by atoms with Gasteiger partial charge in [-0.25, -0.2) is 31.1 Å². The third kappa shape index (κ3) is 12.6. The molecule has 0 aliphatic heterocycles. The first kappa shape index (κ1) is 34.4. The van der Waals surface area contributed by atoms with Crippen LogP contribution in [0, 0.1) is 0 Å². The Bertz CT molecular complexity index is 875. The second-order valence-electron chi connectivity index (χ2n) is 7.26. The van der Waals surface area contributed by atoms with E-state index in [1.165, 1.54) is 25.7 Å². The van der Waals surface area contributed by atoms with Crippen molar-refractivity contribution < 1.29 is 60.9 Å². The number of hydrogen-bond donors (Lipinski definition) is 0. The maximum absolute atomic E-state index is 11.8. The topological polar surface area (TPSA) is 74.8 Å². The lowest BCUT2D eigenvalue weighted by Gasteiger charge is -2.24. The molecule has 0 N–H and O–H groups in total. The molecule has 0 amide bonds. The quantitative estimate of drug-likeness (QED) is 0.272. The van der Waals surface area contributed by atoms with Gasteiger partial charge in [0.05, 0.1) is 27.2 Å². The van der Waals surface area contributed by atoms with Crippen LogP contribution in [-0.4, -0.2) is 39.7 Å². The van der Waals surface area contributed by atoms with E-state index in [9.17, 15) is 39.3 Å². The van der Waals surface area contributed by atoms with Crippen LogP contribution in [0.15, 0.2) is 37.4 Å². The van der Waals surface area contributed by atoms with Crippen LogP contribution in [0.1, 0.15) is 39.5 Å². The van der Waals surface area contributed by atoms with Crippen molar-refractivity contribution in [2.24, 2.45) is 14.1 Å². The Labute approximate surface area is 202 Å². The fraction of sp³-hybridized carbons (Fsp3) is 0.684. The molecule has 2 aromatic heterocycles. The Morgan fingerprint density at radius 2 is 1.24 bits per heavy atom. The summed E-state index contributed by atoms with van der Waals surface area (Å²) in [5.41, 5.74) is 0. The number of hydrogen-bond acceptors (Lipinski definition) is 3. The van der Waals surface area contributed by atoms with Gasteiger partial charge in [0.15, 0.2) is 10.1 Å². The van der Waals surface area contributed by atoms with E-state index in [4.69, 9.17) is 0 Å². The van der Waals surface area contributed by atoms with Gasteiger partial charge >= 0.3 is 11.4 Å². The average Bonchev–Trinajstić information content (AvgIpc) is 3.31. The fourth-order valence-electron chi connectivity index (χ4n) is 2.27. The van der Waals surface area contributed by atoms with Gasteiger partial charge in [0.2, 0.25) is 12.7 Å². The lowest BCUT2D eigenvalue weighted by atomic mass is 10.3. The first-order valence-corrected chi connectivity index (χ1v) is 11.5. The summed E-state index contributed by atoms with van der Waals surface area (Å²) in [4.78, 5) is 0. The second-order valence-corrected chi connectivity index (χ2v) is 8.71. The third-order valence-electron chi connectivity index (χ3n) is 4.10. The van der Waals surface area contributed by atoms with Gasteiger partial charge in [-0.3, -0.25) is 0 Å². The summed E-state index contributed by atoms with van der Waals surface area (Å²) >= 11 is 0. The van der Waals surface area contributed by atoms with E-state index in [0.717, 1.165) is 13.1 Å². The van der Waals surface area contributed by atoms with E-state index in [0.29, 0.717) is 0 Å². The van der Waals surface area contributed by atoms with Crippen molar-refractivity contribution in [1.29, 1.82) is 0 Å². The molecule has 0 bridgehead atoms. The summed E-state index contributed by atoms with van der Waals surface area (Å²) in [5.74, 6) is 0. The van der Waals surface area contributed by atoms with Crippen LogP contribution in [0.25, 0.3) is 0 Å². The Balaban J connectivity index is 0. The number of imidazole rings is 2. The molecule has 2 aromatic rings. The number of nitrogens with zero attached hydrogens (tertiary/aromatic N) is 4. The minimum absolute atomic E-state index is 0. The molecule has 0 spiro atoms. The molecule has 0 fully saturated rings. The van der Waals surface area contributed by atoms with Crippen LogP contribution in [-0.2, 0) is 37.3 Å². The molecule has 1 unspecified atom stereocenters. The highest BCUT2D eigenvalue weighted by Gasteiger charge is 2.61. The number of rotatable bonds is 8. The normalized spacial score (nSPS) is 12.6. The van der Waals surface area contributed by atoms with E-state index in [1.54, 1.807) is 0 Å². The van der Waals surface area contributed by atoms with Gasteiger partial charge in [-0.05, 0) is 12.8 Å². The maximum Gasteiger partial charge on any atom is 0.426 e. The van der Waals surface area contributed by atoms with Crippen molar-refractivity contribution in [2.45, 2.75) is 70.2 Å². The lowest BCUT2D eigenvalue weighted by molar-refractivity contribution is -0.671. The molecule has 0 aliphatic carbocycles. The molecule has 34 heavy (non-hydrogen) atoms. The van der Waals surface area contributed by atoms with Gasteiger partial charge in [0, 0.05) is 0 Å². The first-order valence-electron chi connectivity index (χ1n) is 10.1. The van der Waals surface area contributed by atoms with Crippen LogP contribution in [0.5, 0.6) is 0 Å². The van der Waals surface area contributed by atoms with Gasteiger partial charge in [0.1, 0.15) is 24.8 Å². The Morgan fingerprint density at radius 1 is 0.882 bits per heavy atom. The van der Waals surface area contributed by atoms with Gasteiger partial charge in [-0.2, -0.15) is 22.0 Å². The largest absolute Gasteiger partial charge is 1.00 e. The number of aryl methyl sites for hydroxylation is 4. The molecule has 0 radical (unpaired) electrons. The van der Waals surface area contributed by atoms with Crippen LogP contribution < -0.4 is 21.5 Å². The summed E-state index contributed by atoms with van der Waals surface area (Å²) in [6.07, 6.45) is 6.53.